The standard InChI is InChI=1S/C21H13F6NO4/c1-30-19(29)18-14(12-6-2-4-8-16(12)31-20(22,23)24)10-28-11-15(18)13-7-3-5-9-17(13)32-21(25,26)27/h2-11H,1H3. The number of aromatic nitrogens is 1. The average molecular weight is 457 g/mol. The van der Waals surface area contributed by atoms with Gasteiger partial charge < -0.3 is 14.2 Å². The van der Waals surface area contributed by atoms with Crippen LogP contribution in [0.3, 0.4) is 0 Å². The van der Waals surface area contributed by atoms with Crippen LogP contribution in [0.5, 0.6) is 11.5 Å². The third-order valence-electron chi connectivity index (χ3n) is 4.14. The molecule has 0 saturated carbocycles. The molecule has 0 fully saturated rings. The first-order valence-corrected chi connectivity index (χ1v) is 8.77. The van der Waals surface area contributed by atoms with Crippen LogP contribution in [0.1, 0.15) is 10.4 Å². The number of carbonyl (C=O) groups excluding carboxylic acids is 1. The van der Waals surface area contributed by atoms with E-state index in [4.69, 9.17) is 4.74 Å². The van der Waals surface area contributed by atoms with Gasteiger partial charge in [-0.25, -0.2) is 4.79 Å². The maximum Gasteiger partial charge on any atom is 0.573 e. The summed E-state index contributed by atoms with van der Waals surface area (Å²) >= 11 is 0. The Kier molecular flexibility index (Phi) is 6.28. The van der Waals surface area contributed by atoms with Crippen LogP contribution >= 0.6 is 0 Å². The van der Waals surface area contributed by atoms with Gasteiger partial charge in [-0.1, -0.05) is 36.4 Å². The molecule has 2 aromatic carbocycles. The number of benzene rings is 2. The molecule has 32 heavy (non-hydrogen) atoms. The van der Waals surface area contributed by atoms with Crippen molar-refractivity contribution in [3.05, 3.63) is 66.5 Å². The minimum atomic E-state index is -5.03. The van der Waals surface area contributed by atoms with Gasteiger partial charge in [0.25, 0.3) is 0 Å². The van der Waals surface area contributed by atoms with Gasteiger partial charge in [0.15, 0.2) is 0 Å². The maximum atomic E-state index is 12.9. The molecule has 0 aliphatic heterocycles. The fraction of sp³-hybridized carbons (Fsp3) is 0.143. The van der Waals surface area contributed by atoms with Crippen LogP contribution in [0.25, 0.3) is 22.3 Å². The number of ether oxygens (including phenoxy) is 3. The highest BCUT2D eigenvalue weighted by Gasteiger charge is 2.34. The van der Waals surface area contributed by atoms with Crippen LogP contribution in [0.4, 0.5) is 26.3 Å². The summed E-state index contributed by atoms with van der Waals surface area (Å²) < 4.78 is 90.0. The molecule has 1 heterocycles. The van der Waals surface area contributed by atoms with Gasteiger partial charge >= 0.3 is 18.7 Å². The van der Waals surface area contributed by atoms with Crippen LogP contribution < -0.4 is 9.47 Å². The number of esters is 1. The van der Waals surface area contributed by atoms with E-state index in [0.29, 0.717) is 0 Å². The Morgan fingerprint density at radius 2 is 1.12 bits per heavy atom. The Morgan fingerprint density at radius 1 is 0.719 bits per heavy atom. The smallest absolute Gasteiger partial charge is 0.465 e. The van der Waals surface area contributed by atoms with E-state index < -0.39 is 30.2 Å². The molecule has 0 saturated heterocycles. The van der Waals surface area contributed by atoms with Gasteiger partial charge in [0.1, 0.15) is 11.5 Å². The number of halogens is 6. The van der Waals surface area contributed by atoms with Crippen molar-refractivity contribution in [3.8, 4) is 33.8 Å². The van der Waals surface area contributed by atoms with Crippen LogP contribution in [0.2, 0.25) is 0 Å². The molecule has 0 aliphatic carbocycles. The van der Waals surface area contributed by atoms with E-state index in [-0.39, 0.29) is 27.8 Å². The lowest BCUT2D eigenvalue weighted by Gasteiger charge is -2.18. The van der Waals surface area contributed by atoms with Gasteiger partial charge in [0, 0.05) is 34.6 Å². The lowest BCUT2D eigenvalue weighted by Crippen LogP contribution is -2.18. The number of methoxy groups -OCH3 is 1. The number of para-hydroxylation sites is 2. The summed E-state index contributed by atoms with van der Waals surface area (Å²) in [6.45, 7) is 0. The largest absolute Gasteiger partial charge is 0.573 e. The van der Waals surface area contributed by atoms with Crippen LogP contribution in [-0.4, -0.2) is 30.8 Å². The number of nitrogens with zero attached hydrogens (tertiary/aromatic N) is 1. The van der Waals surface area contributed by atoms with E-state index in [9.17, 15) is 31.1 Å². The summed E-state index contributed by atoms with van der Waals surface area (Å²) in [5.74, 6) is -2.28. The molecule has 168 valence electrons. The molecule has 0 radical (unpaired) electrons. The molecule has 0 aliphatic rings. The first-order valence-electron chi connectivity index (χ1n) is 8.77. The summed E-state index contributed by atoms with van der Waals surface area (Å²) in [7, 11) is 1.02. The molecule has 0 bridgehead atoms. The molecular weight excluding hydrogens is 444 g/mol. The molecule has 0 spiro atoms. The molecular formula is C21H13F6NO4. The average Bonchev–Trinajstić information content (AvgIpc) is 2.71. The molecule has 11 heteroatoms. The number of hydrogen-bond donors (Lipinski definition) is 0. The summed E-state index contributed by atoms with van der Waals surface area (Å²) in [5.41, 5.74) is -0.950. The normalized spacial score (nSPS) is 11.7. The van der Waals surface area contributed by atoms with Crippen LogP contribution in [-0.2, 0) is 4.74 Å². The maximum absolute atomic E-state index is 12.9. The molecule has 0 N–H and O–H groups in total. The van der Waals surface area contributed by atoms with Crippen molar-refractivity contribution in [2.75, 3.05) is 7.11 Å². The lowest BCUT2D eigenvalue weighted by atomic mass is 9.93. The number of carbonyl (C=O) groups is 1. The zero-order valence-corrected chi connectivity index (χ0v) is 16.1. The van der Waals surface area contributed by atoms with Crippen molar-refractivity contribution in [2.24, 2.45) is 0 Å². The molecule has 5 nitrogen and oxygen atoms in total. The molecule has 0 unspecified atom stereocenters. The second-order valence-electron chi connectivity index (χ2n) is 6.19. The number of hydrogen-bond acceptors (Lipinski definition) is 5. The van der Waals surface area contributed by atoms with Gasteiger partial charge in [0.05, 0.1) is 12.7 Å². The lowest BCUT2D eigenvalue weighted by molar-refractivity contribution is -0.275. The van der Waals surface area contributed by atoms with Gasteiger partial charge in [-0.15, -0.1) is 26.3 Å². The number of rotatable bonds is 5. The Hall–Kier alpha value is -3.76. The van der Waals surface area contributed by atoms with Gasteiger partial charge in [-0.05, 0) is 12.1 Å². The number of pyridine rings is 1. The molecule has 3 aromatic rings. The topological polar surface area (TPSA) is 57.7 Å². The van der Waals surface area contributed by atoms with Gasteiger partial charge in [-0.3, -0.25) is 4.98 Å². The van der Waals surface area contributed by atoms with Crippen molar-refractivity contribution in [1.29, 1.82) is 0 Å². The Balaban J connectivity index is 2.27. The highest BCUT2D eigenvalue weighted by Crippen LogP contribution is 2.41. The van der Waals surface area contributed by atoms with E-state index in [1.807, 2.05) is 0 Å². The quantitative estimate of drug-likeness (QED) is 0.348. The summed E-state index contributed by atoms with van der Waals surface area (Å²) in [6.07, 6.45) is -7.89. The van der Waals surface area contributed by atoms with E-state index >= 15 is 0 Å². The summed E-state index contributed by atoms with van der Waals surface area (Å²) in [4.78, 5) is 16.5. The Bertz CT molecular complexity index is 1050. The van der Waals surface area contributed by atoms with Crippen LogP contribution in [0, 0.1) is 0 Å². The Morgan fingerprint density at radius 3 is 1.50 bits per heavy atom. The first kappa shape index (κ1) is 22.9. The fourth-order valence-electron chi connectivity index (χ4n) is 3.00. The van der Waals surface area contributed by atoms with Crippen molar-refractivity contribution in [2.45, 2.75) is 12.7 Å². The molecule has 1 aromatic heterocycles. The summed E-state index contributed by atoms with van der Waals surface area (Å²) in [5, 5.41) is 0. The van der Waals surface area contributed by atoms with Crippen molar-refractivity contribution in [1.82, 2.24) is 4.98 Å². The fourth-order valence-corrected chi connectivity index (χ4v) is 3.00. The second kappa shape index (κ2) is 8.77. The zero-order chi connectivity index (χ0) is 23.5. The van der Waals surface area contributed by atoms with Gasteiger partial charge in [-0.2, -0.15) is 0 Å². The van der Waals surface area contributed by atoms with Crippen molar-refractivity contribution < 1.29 is 45.3 Å². The van der Waals surface area contributed by atoms with Crippen molar-refractivity contribution in [3.63, 3.8) is 0 Å². The monoisotopic (exact) mass is 457 g/mol. The van der Waals surface area contributed by atoms with Crippen LogP contribution in [0.15, 0.2) is 60.9 Å². The molecule has 3 rings (SSSR count). The third kappa shape index (κ3) is 5.29. The third-order valence-corrected chi connectivity index (χ3v) is 4.14. The predicted molar refractivity (Wildman–Crippen MR) is 99.8 cm³/mol. The predicted octanol–water partition coefficient (Wildman–Crippen LogP) is 6.00. The van der Waals surface area contributed by atoms with Gasteiger partial charge in [0.2, 0.25) is 0 Å². The molecule has 0 atom stereocenters. The summed E-state index contributed by atoms with van der Waals surface area (Å²) in [6, 6.07) is 9.89. The minimum Gasteiger partial charge on any atom is -0.465 e. The first-order chi connectivity index (χ1) is 15.0. The van der Waals surface area contributed by atoms with Crippen molar-refractivity contribution >= 4 is 5.97 Å². The van der Waals surface area contributed by atoms with E-state index in [2.05, 4.69) is 14.5 Å². The Labute approximate surface area is 177 Å². The second-order valence-corrected chi connectivity index (χ2v) is 6.19. The minimum absolute atomic E-state index is 0.143. The highest BCUT2D eigenvalue weighted by molar-refractivity contribution is 6.04. The molecule has 0 amide bonds. The van der Waals surface area contributed by atoms with E-state index in [1.54, 1.807) is 0 Å². The highest BCUT2D eigenvalue weighted by atomic mass is 19.4. The number of alkyl halides is 6. The zero-order valence-electron chi connectivity index (χ0n) is 16.1. The van der Waals surface area contributed by atoms with E-state index in [1.165, 1.54) is 36.4 Å². The van der Waals surface area contributed by atoms with E-state index in [0.717, 1.165) is 31.6 Å². The SMILES string of the molecule is COC(=O)c1c(-c2ccccc2OC(F)(F)F)cncc1-c1ccccc1OC(F)(F)F.